The summed E-state index contributed by atoms with van der Waals surface area (Å²) in [4.78, 5) is 37.0. The Labute approximate surface area is 249 Å². The molecule has 0 aromatic heterocycles. The highest BCUT2D eigenvalue weighted by Gasteiger charge is 2.61. The number of carboxylic acids is 1. The Bertz CT molecular complexity index is 967. The third-order valence-corrected chi connectivity index (χ3v) is 12.2. The predicted octanol–water partition coefficient (Wildman–Crippen LogP) is 8.93. The van der Waals surface area contributed by atoms with Crippen molar-refractivity contribution >= 4 is 17.7 Å². The Balaban J connectivity index is 1.31. The van der Waals surface area contributed by atoms with Crippen LogP contribution in [-0.2, 0) is 19.1 Å². The van der Waals surface area contributed by atoms with Gasteiger partial charge in [-0.2, -0.15) is 0 Å². The van der Waals surface area contributed by atoms with E-state index in [4.69, 9.17) is 9.84 Å². The summed E-state index contributed by atoms with van der Waals surface area (Å²) >= 11 is 0. The molecule has 0 radical (unpaired) electrons. The lowest BCUT2D eigenvalue weighted by atomic mass is 9.46. The number of ketones is 1. The van der Waals surface area contributed by atoms with Gasteiger partial charge in [-0.05, 0) is 97.9 Å². The number of hydrogen-bond donors (Lipinski definition) is 1. The summed E-state index contributed by atoms with van der Waals surface area (Å²) in [6.07, 6.45) is 18.3. The monoisotopic (exact) mass is 570 g/mol. The first-order valence-corrected chi connectivity index (χ1v) is 17.1. The van der Waals surface area contributed by atoms with Crippen molar-refractivity contribution in [2.45, 2.75) is 150 Å². The maximum Gasteiger partial charge on any atom is 0.306 e. The van der Waals surface area contributed by atoms with E-state index in [-0.39, 0.29) is 29.8 Å². The van der Waals surface area contributed by atoms with Crippen molar-refractivity contribution < 1.29 is 24.2 Å². The molecule has 5 nitrogen and oxygen atoms in total. The van der Waals surface area contributed by atoms with Crippen LogP contribution in [-0.4, -0.2) is 28.9 Å². The predicted molar refractivity (Wildman–Crippen MR) is 163 cm³/mol. The minimum Gasteiger partial charge on any atom is -0.481 e. The number of rotatable bonds is 14. The van der Waals surface area contributed by atoms with Gasteiger partial charge in [-0.1, -0.05) is 78.7 Å². The summed E-state index contributed by atoms with van der Waals surface area (Å²) in [6, 6.07) is 0. The topological polar surface area (TPSA) is 80.7 Å². The lowest BCUT2D eigenvalue weighted by Gasteiger charge is -2.57. The molecule has 4 aliphatic rings. The van der Waals surface area contributed by atoms with E-state index in [0.29, 0.717) is 42.3 Å². The van der Waals surface area contributed by atoms with Crippen LogP contribution >= 0.6 is 0 Å². The second kappa shape index (κ2) is 13.8. The largest absolute Gasteiger partial charge is 0.481 e. The highest BCUT2D eigenvalue weighted by atomic mass is 16.5. The van der Waals surface area contributed by atoms with Crippen molar-refractivity contribution in [2.75, 3.05) is 0 Å². The lowest BCUT2D eigenvalue weighted by Crippen LogP contribution is -2.53. The second-order valence-electron chi connectivity index (χ2n) is 15.3. The Morgan fingerprint density at radius 3 is 2.32 bits per heavy atom. The summed E-state index contributed by atoms with van der Waals surface area (Å²) in [6.45, 7) is 12.1. The number of aliphatic carboxylic acids is 1. The van der Waals surface area contributed by atoms with Crippen molar-refractivity contribution in [2.24, 2.45) is 46.3 Å². The van der Waals surface area contributed by atoms with Gasteiger partial charge in [0.2, 0.25) is 0 Å². The summed E-state index contributed by atoms with van der Waals surface area (Å²) in [5, 5.41) is 8.73. The van der Waals surface area contributed by atoms with E-state index in [1.165, 1.54) is 44.1 Å². The minimum absolute atomic E-state index is 0.0553. The molecule has 8 atom stereocenters. The zero-order chi connectivity index (χ0) is 29.8. The van der Waals surface area contributed by atoms with Gasteiger partial charge in [0.1, 0.15) is 6.10 Å². The number of hydrogen-bond acceptors (Lipinski definition) is 4. The molecule has 232 valence electrons. The fourth-order valence-electron chi connectivity index (χ4n) is 9.81. The summed E-state index contributed by atoms with van der Waals surface area (Å²) in [5.41, 5.74) is 1.59. The number of carboxylic acid groups (broad SMARTS) is 1. The van der Waals surface area contributed by atoms with Crippen molar-refractivity contribution in [3.8, 4) is 0 Å². The van der Waals surface area contributed by atoms with Crippen LogP contribution in [0.3, 0.4) is 0 Å². The first-order valence-electron chi connectivity index (χ1n) is 17.1. The van der Waals surface area contributed by atoms with E-state index in [9.17, 15) is 14.4 Å². The van der Waals surface area contributed by atoms with E-state index < -0.39 is 5.97 Å². The molecule has 0 spiro atoms. The van der Waals surface area contributed by atoms with Crippen molar-refractivity contribution in [1.29, 1.82) is 0 Å². The molecule has 5 heteroatoms. The van der Waals surface area contributed by atoms with Gasteiger partial charge in [-0.3, -0.25) is 14.4 Å². The molecule has 1 N–H and O–H groups in total. The molecule has 0 aliphatic heterocycles. The minimum atomic E-state index is -0.742. The van der Waals surface area contributed by atoms with Crippen molar-refractivity contribution in [1.82, 2.24) is 0 Å². The van der Waals surface area contributed by atoms with E-state index in [0.717, 1.165) is 62.7 Å². The number of carbonyl (C=O) groups is 3. The molecule has 41 heavy (non-hydrogen) atoms. The first-order chi connectivity index (χ1) is 19.5. The highest BCUT2D eigenvalue weighted by Crippen LogP contribution is 2.66. The summed E-state index contributed by atoms with van der Waals surface area (Å²) in [5.74, 6) is 2.87. The van der Waals surface area contributed by atoms with Crippen LogP contribution in [0.1, 0.15) is 144 Å². The van der Waals surface area contributed by atoms with Gasteiger partial charge in [-0.25, -0.2) is 0 Å². The molecule has 4 unspecified atom stereocenters. The number of ether oxygens (including phenoxy) is 1. The smallest absolute Gasteiger partial charge is 0.306 e. The number of allylic oxidation sites excluding steroid dienone is 1. The lowest BCUT2D eigenvalue weighted by molar-refractivity contribution is -0.152. The van der Waals surface area contributed by atoms with Gasteiger partial charge >= 0.3 is 11.9 Å². The van der Waals surface area contributed by atoms with Crippen LogP contribution in [0.5, 0.6) is 0 Å². The average Bonchev–Trinajstić information content (AvgIpc) is 3.25. The number of carbonyl (C=O) groups excluding carboxylic acids is 2. The quantitative estimate of drug-likeness (QED) is 0.167. The maximum atomic E-state index is 13.8. The molecule has 4 aliphatic carbocycles. The standard InChI is InChI=1S/C36H58O5/c1-24(2)12-11-13-25(3)28-16-17-29-34-30(19-21-36(28,29)5)35(4)20-18-27(22-26(35)23-31(34)37)41-33(40)15-10-8-6-7-9-14-32(38)39/h23-25,27-30,34H,6-22H2,1-5H3,(H,38,39)/t25-,27?,28-,29?,30?,34?,35+,36-/m1/s1. The van der Waals surface area contributed by atoms with Gasteiger partial charge < -0.3 is 9.84 Å². The molecule has 0 aromatic carbocycles. The summed E-state index contributed by atoms with van der Waals surface area (Å²) < 4.78 is 5.92. The van der Waals surface area contributed by atoms with Crippen molar-refractivity contribution in [3.63, 3.8) is 0 Å². The molecule has 3 saturated carbocycles. The summed E-state index contributed by atoms with van der Waals surface area (Å²) in [7, 11) is 0. The molecule has 0 heterocycles. The van der Waals surface area contributed by atoms with E-state index in [1.807, 2.05) is 6.08 Å². The fourth-order valence-corrected chi connectivity index (χ4v) is 9.81. The van der Waals surface area contributed by atoms with Crippen LogP contribution < -0.4 is 0 Å². The zero-order valence-electron chi connectivity index (χ0n) is 26.7. The molecular formula is C36H58O5. The van der Waals surface area contributed by atoms with Crippen LogP contribution in [0.2, 0.25) is 0 Å². The normalized spacial score (nSPS) is 35.3. The van der Waals surface area contributed by atoms with E-state index in [1.54, 1.807) is 0 Å². The van der Waals surface area contributed by atoms with Gasteiger partial charge in [0.25, 0.3) is 0 Å². The van der Waals surface area contributed by atoms with Gasteiger partial charge in [0.15, 0.2) is 5.78 Å². The van der Waals surface area contributed by atoms with Crippen LogP contribution in [0.25, 0.3) is 0 Å². The van der Waals surface area contributed by atoms with E-state index >= 15 is 0 Å². The fraction of sp³-hybridized carbons (Fsp3) is 0.861. The molecule has 0 bridgehead atoms. The number of esters is 1. The Morgan fingerprint density at radius 1 is 0.902 bits per heavy atom. The average molecular weight is 571 g/mol. The molecule has 4 rings (SSSR count). The Morgan fingerprint density at radius 2 is 1.61 bits per heavy atom. The SMILES string of the molecule is CC(C)CCC[C@@H](C)[C@H]1CCC2C3C(=O)C=C4CC(OC(=O)CCCCCCCC(=O)O)CC[C@]4(C)C3CC[C@@]21C. The molecule has 0 aromatic rings. The highest BCUT2D eigenvalue weighted by molar-refractivity contribution is 5.94. The molecule has 3 fully saturated rings. The maximum absolute atomic E-state index is 13.8. The van der Waals surface area contributed by atoms with Crippen molar-refractivity contribution in [3.05, 3.63) is 11.6 Å². The number of fused-ring (bicyclic) bond motifs is 5. The second-order valence-corrected chi connectivity index (χ2v) is 15.3. The molecule has 0 amide bonds. The first kappa shape index (κ1) is 32.3. The van der Waals surface area contributed by atoms with Crippen LogP contribution in [0.15, 0.2) is 11.6 Å². The van der Waals surface area contributed by atoms with Crippen LogP contribution in [0.4, 0.5) is 0 Å². The van der Waals surface area contributed by atoms with Gasteiger partial charge in [0, 0.05) is 25.2 Å². The van der Waals surface area contributed by atoms with Crippen LogP contribution in [0, 0.1) is 46.3 Å². The number of unbranched alkanes of at least 4 members (excludes halogenated alkanes) is 4. The zero-order valence-corrected chi connectivity index (χ0v) is 26.7. The Kier molecular flexibility index (Phi) is 10.8. The third-order valence-electron chi connectivity index (χ3n) is 12.2. The van der Waals surface area contributed by atoms with E-state index in [2.05, 4.69) is 34.6 Å². The van der Waals surface area contributed by atoms with Gasteiger partial charge in [0.05, 0.1) is 0 Å². The molecular weight excluding hydrogens is 512 g/mol. The third kappa shape index (κ3) is 7.29. The molecule has 0 saturated heterocycles. The van der Waals surface area contributed by atoms with Gasteiger partial charge in [-0.15, -0.1) is 0 Å². The Hall–Kier alpha value is -1.65.